The van der Waals surface area contributed by atoms with Crippen LogP contribution in [0.4, 0.5) is 10.1 Å². The molecule has 182 valence electrons. The molecule has 0 bridgehead atoms. The number of rotatable bonds is 6. The Bertz CT molecular complexity index is 1320. The number of benzene rings is 3. The van der Waals surface area contributed by atoms with Crippen molar-refractivity contribution in [3.63, 3.8) is 0 Å². The zero-order valence-corrected chi connectivity index (χ0v) is 20.0. The smallest absolute Gasteiger partial charge is 0.264 e. The van der Waals surface area contributed by atoms with Crippen molar-refractivity contribution in [3.8, 4) is 0 Å². The summed E-state index contributed by atoms with van der Waals surface area (Å²) in [7, 11) is -2.38. The van der Waals surface area contributed by atoms with Crippen LogP contribution in [0.25, 0.3) is 0 Å². The highest BCUT2D eigenvalue weighted by atomic mass is 32.2. The number of carbonyl (C=O) groups excluding carboxylic acids is 2. The van der Waals surface area contributed by atoms with Crippen LogP contribution >= 0.6 is 0 Å². The van der Waals surface area contributed by atoms with Gasteiger partial charge in [-0.3, -0.25) is 13.9 Å². The summed E-state index contributed by atoms with van der Waals surface area (Å²) < 4.78 is 41.3. The third kappa shape index (κ3) is 5.35. The number of nitrogens with zero attached hydrogens (tertiary/aromatic N) is 2. The number of halogens is 1. The molecule has 0 aliphatic carbocycles. The number of hydrogen-bond acceptors (Lipinski definition) is 4. The Morgan fingerprint density at radius 2 is 1.60 bits per heavy atom. The third-order valence-electron chi connectivity index (χ3n) is 6.10. The molecular formula is C26H26FN3O4S. The van der Waals surface area contributed by atoms with E-state index in [9.17, 15) is 22.4 Å². The molecule has 1 saturated heterocycles. The maximum absolute atomic E-state index is 13.9. The summed E-state index contributed by atoms with van der Waals surface area (Å²) in [6.07, 6.45) is 1.03. The molecular weight excluding hydrogens is 469 g/mol. The van der Waals surface area contributed by atoms with Crippen LogP contribution in [-0.2, 0) is 10.0 Å². The van der Waals surface area contributed by atoms with Crippen LogP contribution in [0.2, 0.25) is 0 Å². The zero-order chi connectivity index (χ0) is 25.0. The molecule has 0 saturated carbocycles. The number of piperidine rings is 1. The fourth-order valence-electron chi connectivity index (χ4n) is 4.03. The van der Waals surface area contributed by atoms with Crippen molar-refractivity contribution in [1.29, 1.82) is 0 Å². The lowest BCUT2D eigenvalue weighted by atomic mass is 10.0. The molecule has 0 unspecified atom stereocenters. The molecule has 7 nitrogen and oxygen atoms in total. The first-order chi connectivity index (χ1) is 16.8. The van der Waals surface area contributed by atoms with Crippen molar-refractivity contribution in [2.24, 2.45) is 0 Å². The largest absolute Gasteiger partial charge is 0.349 e. The standard InChI is InChI=1S/C26H26FN3O4S/c1-29(21-9-3-2-4-10-21)35(33,34)22-11-7-8-19(18-22)25(31)28-20-14-16-30(17-15-20)26(32)23-12-5-6-13-24(23)27/h2-13,18,20H,14-17H2,1H3,(H,28,31). The Morgan fingerprint density at radius 3 is 2.29 bits per heavy atom. The van der Waals surface area contributed by atoms with E-state index in [0.29, 0.717) is 31.6 Å². The van der Waals surface area contributed by atoms with Gasteiger partial charge in [0.25, 0.3) is 21.8 Å². The van der Waals surface area contributed by atoms with Gasteiger partial charge in [0.05, 0.1) is 16.1 Å². The Balaban J connectivity index is 1.39. The number of amides is 2. The van der Waals surface area contributed by atoms with E-state index in [2.05, 4.69) is 5.32 Å². The van der Waals surface area contributed by atoms with Crippen molar-refractivity contribution in [3.05, 3.63) is 95.8 Å². The number of hydrogen-bond donors (Lipinski definition) is 1. The molecule has 0 aromatic heterocycles. The Hall–Kier alpha value is -3.72. The molecule has 0 radical (unpaired) electrons. The van der Waals surface area contributed by atoms with Crippen molar-refractivity contribution < 1.29 is 22.4 Å². The van der Waals surface area contributed by atoms with E-state index in [-0.39, 0.29) is 33.9 Å². The summed E-state index contributed by atoms with van der Waals surface area (Å²) in [4.78, 5) is 27.1. The third-order valence-corrected chi connectivity index (χ3v) is 7.88. The molecule has 1 aliphatic heterocycles. The molecule has 1 aliphatic rings. The summed E-state index contributed by atoms with van der Waals surface area (Å²) in [6, 6.07) is 20.3. The molecule has 0 atom stereocenters. The van der Waals surface area contributed by atoms with Gasteiger partial charge in [-0.25, -0.2) is 12.8 Å². The summed E-state index contributed by atoms with van der Waals surface area (Å²) in [6.45, 7) is 0.767. The fraction of sp³-hybridized carbons (Fsp3) is 0.231. The van der Waals surface area contributed by atoms with E-state index in [4.69, 9.17) is 0 Å². The first-order valence-electron chi connectivity index (χ1n) is 11.3. The van der Waals surface area contributed by atoms with Crippen LogP contribution < -0.4 is 9.62 Å². The number of para-hydroxylation sites is 1. The molecule has 3 aromatic rings. The second-order valence-corrected chi connectivity index (χ2v) is 10.3. The minimum Gasteiger partial charge on any atom is -0.349 e. The predicted molar refractivity (Wildman–Crippen MR) is 131 cm³/mol. The van der Waals surface area contributed by atoms with E-state index in [1.54, 1.807) is 47.4 Å². The van der Waals surface area contributed by atoms with Crippen LogP contribution in [0, 0.1) is 5.82 Å². The first-order valence-corrected chi connectivity index (χ1v) is 12.7. The van der Waals surface area contributed by atoms with Gasteiger partial charge in [-0.05, 0) is 55.3 Å². The summed E-state index contributed by atoms with van der Waals surface area (Å²) in [5, 5.41) is 2.93. The molecule has 2 amide bonds. The van der Waals surface area contributed by atoms with Crippen molar-refractivity contribution in [1.82, 2.24) is 10.2 Å². The predicted octanol–water partition coefficient (Wildman–Crippen LogP) is 3.69. The monoisotopic (exact) mass is 495 g/mol. The lowest BCUT2D eigenvalue weighted by Gasteiger charge is -2.32. The number of likely N-dealkylation sites (tertiary alicyclic amines) is 1. The number of anilines is 1. The second-order valence-electron chi connectivity index (χ2n) is 8.36. The zero-order valence-electron chi connectivity index (χ0n) is 19.2. The van der Waals surface area contributed by atoms with Crippen LogP contribution in [0.15, 0.2) is 83.8 Å². The maximum atomic E-state index is 13.9. The van der Waals surface area contributed by atoms with Crippen molar-refractivity contribution >= 4 is 27.5 Å². The molecule has 3 aromatic carbocycles. The topological polar surface area (TPSA) is 86.8 Å². The molecule has 9 heteroatoms. The van der Waals surface area contributed by atoms with Crippen LogP contribution in [0.1, 0.15) is 33.6 Å². The Labute approximate surface area is 204 Å². The molecule has 1 heterocycles. The number of nitrogens with one attached hydrogen (secondary N) is 1. The van der Waals surface area contributed by atoms with E-state index < -0.39 is 15.8 Å². The van der Waals surface area contributed by atoms with Crippen molar-refractivity contribution in [2.45, 2.75) is 23.8 Å². The highest BCUT2D eigenvalue weighted by molar-refractivity contribution is 7.92. The van der Waals surface area contributed by atoms with Gasteiger partial charge in [-0.2, -0.15) is 0 Å². The molecule has 0 spiro atoms. The Kier molecular flexibility index (Phi) is 7.16. The molecule has 1 fully saturated rings. The fourth-order valence-corrected chi connectivity index (χ4v) is 5.28. The minimum atomic E-state index is -3.85. The number of sulfonamides is 1. The molecule has 1 N–H and O–H groups in total. The van der Waals surface area contributed by atoms with Gasteiger partial charge >= 0.3 is 0 Å². The average Bonchev–Trinajstić information content (AvgIpc) is 2.89. The Morgan fingerprint density at radius 1 is 0.943 bits per heavy atom. The normalized spacial score (nSPS) is 14.4. The van der Waals surface area contributed by atoms with Gasteiger partial charge in [-0.15, -0.1) is 0 Å². The first kappa shape index (κ1) is 24.4. The maximum Gasteiger partial charge on any atom is 0.264 e. The minimum absolute atomic E-state index is 0.0156. The van der Waals surface area contributed by atoms with Gasteiger partial charge in [0.2, 0.25) is 0 Å². The summed E-state index contributed by atoms with van der Waals surface area (Å²) in [5.74, 6) is -1.31. The second kappa shape index (κ2) is 10.3. The van der Waals surface area contributed by atoms with Gasteiger partial charge in [0.15, 0.2) is 0 Å². The van der Waals surface area contributed by atoms with Gasteiger partial charge < -0.3 is 10.2 Å². The van der Waals surface area contributed by atoms with E-state index >= 15 is 0 Å². The lowest BCUT2D eigenvalue weighted by Crippen LogP contribution is -2.46. The SMILES string of the molecule is CN(c1ccccc1)S(=O)(=O)c1cccc(C(=O)NC2CCN(C(=O)c3ccccc3F)CC2)c1. The summed E-state index contributed by atoms with van der Waals surface area (Å²) >= 11 is 0. The number of carbonyl (C=O) groups is 2. The average molecular weight is 496 g/mol. The lowest BCUT2D eigenvalue weighted by molar-refractivity contribution is 0.0693. The van der Waals surface area contributed by atoms with Crippen LogP contribution in [0.5, 0.6) is 0 Å². The van der Waals surface area contributed by atoms with Crippen LogP contribution in [-0.4, -0.2) is 51.3 Å². The van der Waals surface area contributed by atoms with E-state index in [1.165, 1.54) is 47.8 Å². The van der Waals surface area contributed by atoms with Gasteiger partial charge in [0.1, 0.15) is 5.82 Å². The highest BCUT2D eigenvalue weighted by Crippen LogP contribution is 2.23. The molecule has 4 rings (SSSR count). The highest BCUT2D eigenvalue weighted by Gasteiger charge is 2.27. The molecule has 35 heavy (non-hydrogen) atoms. The summed E-state index contributed by atoms with van der Waals surface area (Å²) in [5.41, 5.74) is 0.782. The van der Waals surface area contributed by atoms with E-state index in [1.807, 2.05) is 0 Å². The van der Waals surface area contributed by atoms with E-state index in [0.717, 1.165) is 0 Å². The van der Waals surface area contributed by atoms with Crippen LogP contribution in [0.3, 0.4) is 0 Å². The quantitative estimate of drug-likeness (QED) is 0.565. The van der Waals surface area contributed by atoms with Gasteiger partial charge in [0, 0.05) is 31.7 Å². The van der Waals surface area contributed by atoms with Crippen molar-refractivity contribution in [2.75, 3.05) is 24.4 Å². The van der Waals surface area contributed by atoms with Gasteiger partial charge in [-0.1, -0.05) is 36.4 Å².